The van der Waals surface area contributed by atoms with Crippen molar-refractivity contribution in [3.8, 4) is 0 Å². The minimum Gasteiger partial charge on any atom is -0.392 e. The summed E-state index contributed by atoms with van der Waals surface area (Å²) in [6.07, 6.45) is -0.0894. The molecule has 0 fully saturated rings. The van der Waals surface area contributed by atoms with Crippen molar-refractivity contribution >= 4 is 10.0 Å². The van der Waals surface area contributed by atoms with Crippen molar-refractivity contribution in [1.82, 2.24) is 4.31 Å². The molecule has 6 heteroatoms. The van der Waals surface area contributed by atoms with E-state index >= 15 is 0 Å². The molecule has 5 nitrogen and oxygen atoms in total. The van der Waals surface area contributed by atoms with E-state index in [1.165, 1.54) is 16.4 Å². The van der Waals surface area contributed by atoms with E-state index in [2.05, 4.69) is 0 Å². The monoisotopic (exact) mass is 405 g/mol. The highest BCUT2D eigenvalue weighted by Gasteiger charge is 2.29. The number of rotatable bonds is 10. The maximum absolute atomic E-state index is 13.1. The van der Waals surface area contributed by atoms with E-state index in [9.17, 15) is 13.5 Å². The molecule has 0 aromatic heterocycles. The van der Waals surface area contributed by atoms with Gasteiger partial charge in [-0.25, -0.2) is 8.42 Å². The topological polar surface area (TPSA) is 77.8 Å². The first-order valence-electron chi connectivity index (χ1n) is 9.66. The Labute approximate surface area is 168 Å². The Hall–Kier alpha value is -1.73. The van der Waals surface area contributed by atoms with Crippen LogP contribution in [0.2, 0.25) is 0 Å². The van der Waals surface area contributed by atoms with Gasteiger partial charge in [-0.3, -0.25) is 0 Å². The highest BCUT2D eigenvalue weighted by molar-refractivity contribution is 7.89. The van der Waals surface area contributed by atoms with E-state index < -0.39 is 16.1 Å². The summed E-state index contributed by atoms with van der Waals surface area (Å²) in [5.74, 6) is 0.0483. The number of benzene rings is 2. The van der Waals surface area contributed by atoms with Crippen LogP contribution < -0.4 is 0 Å². The summed E-state index contributed by atoms with van der Waals surface area (Å²) in [7, 11) is -3.73. The van der Waals surface area contributed by atoms with Crippen LogP contribution in [-0.4, -0.2) is 42.1 Å². The third kappa shape index (κ3) is 6.14. The molecule has 0 aliphatic rings. The second-order valence-corrected chi connectivity index (χ2v) is 9.69. The highest BCUT2D eigenvalue weighted by atomic mass is 32.2. The Balaban J connectivity index is 2.17. The van der Waals surface area contributed by atoms with Gasteiger partial charge in [0.25, 0.3) is 0 Å². The average molecular weight is 406 g/mol. The summed E-state index contributed by atoms with van der Waals surface area (Å²) in [6.45, 7) is 6.10. The summed E-state index contributed by atoms with van der Waals surface area (Å²) in [4.78, 5) is 0.174. The lowest BCUT2D eigenvalue weighted by Gasteiger charge is -2.29. The third-order valence-electron chi connectivity index (χ3n) is 4.76. The van der Waals surface area contributed by atoms with Gasteiger partial charge in [-0.15, -0.1) is 0 Å². The molecule has 2 aromatic rings. The van der Waals surface area contributed by atoms with E-state index in [0.717, 1.165) is 5.56 Å². The van der Waals surface area contributed by atoms with Gasteiger partial charge in [0, 0.05) is 13.1 Å². The number of sulfonamides is 1. The fourth-order valence-corrected chi connectivity index (χ4v) is 4.73. The number of hydrogen-bond donors (Lipinski definition) is 2. The van der Waals surface area contributed by atoms with Gasteiger partial charge in [-0.1, -0.05) is 63.2 Å². The van der Waals surface area contributed by atoms with Gasteiger partial charge in [-0.05, 0) is 41.5 Å². The van der Waals surface area contributed by atoms with Crippen LogP contribution in [0.25, 0.3) is 0 Å². The summed E-state index contributed by atoms with van der Waals surface area (Å²) in [5, 5.41) is 19.9. The lowest BCUT2D eigenvalue weighted by atomic mass is 9.96. The van der Waals surface area contributed by atoms with E-state index in [-0.39, 0.29) is 29.9 Å². The molecule has 2 rings (SSSR count). The van der Waals surface area contributed by atoms with Crippen LogP contribution in [0, 0.1) is 11.8 Å². The van der Waals surface area contributed by atoms with Crippen molar-refractivity contribution in [2.75, 3.05) is 13.1 Å². The van der Waals surface area contributed by atoms with Crippen LogP contribution in [0.4, 0.5) is 0 Å². The Kier molecular flexibility index (Phi) is 8.19. The summed E-state index contributed by atoms with van der Waals surface area (Å²) < 4.78 is 27.6. The van der Waals surface area contributed by atoms with Gasteiger partial charge in [-0.2, -0.15) is 4.31 Å². The molecule has 0 radical (unpaired) electrons. The average Bonchev–Trinajstić information content (AvgIpc) is 2.67. The fraction of sp³-hybridized carbons (Fsp3) is 0.455. The van der Waals surface area contributed by atoms with Crippen molar-refractivity contribution in [2.24, 2.45) is 11.8 Å². The second kappa shape index (κ2) is 10.2. The first-order valence-corrected chi connectivity index (χ1v) is 11.1. The number of hydrogen-bond acceptors (Lipinski definition) is 4. The van der Waals surface area contributed by atoms with Crippen molar-refractivity contribution in [1.29, 1.82) is 0 Å². The third-order valence-corrected chi connectivity index (χ3v) is 6.61. The van der Waals surface area contributed by atoms with Crippen LogP contribution >= 0.6 is 0 Å². The quantitative estimate of drug-likeness (QED) is 0.637. The van der Waals surface area contributed by atoms with Crippen molar-refractivity contribution in [3.63, 3.8) is 0 Å². The zero-order chi connectivity index (χ0) is 20.7. The number of aliphatic hydroxyl groups excluding tert-OH is 2. The van der Waals surface area contributed by atoms with Gasteiger partial charge in [0.2, 0.25) is 10.0 Å². The standard InChI is InChI=1S/C22H31NO4S/c1-17(2)14-23(28(26,27)21-11-9-20(16-24)10-12-21)15-22(25)18(3)13-19-7-5-4-6-8-19/h4-12,17-18,22,24-25H,13-16H2,1-3H3/t18-,22+/m0/s1. The molecule has 0 saturated heterocycles. The molecule has 2 aromatic carbocycles. The minimum absolute atomic E-state index is 0.0519. The van der Waals surface area contributed by atoms with E-state index in [4.69, 9.17) is 5.11 Å². The van der Waals surface area contributed by atoms with Gasteiger partial charge in [0.1, 0.15) is 0 Å². The molecule has 0 aliphatic heterocycles. The molecule has 2 atom stereocenters. The first-order chi connectivity index (χ1) is 13.2. The largest absolute Gasteiger partial charge is 0.392 e. The maximum Gasteiger partial charge on any atom is 0.243 e. The predicted molar refractivity (Wildman–Crippen MR) is 111 cm³/mol. The number of nitrogens with zero attached hydrogens (tertiary/aromatic N) is 1. The molecular weight excluding hydrogens is 374 g/mol. The van der Waals surface area contributed by atoms with E-state index in [1.807, 2.05) is 51.1 Å². The lowest BCUT2D eigenvalue weighted by molar-refractivity contribution is 0.0919. The van der Waals surface area contributed by atoms with Gasteiger partial charge in [0.15, 0.2) is 0 Å². The fourth-order valence-electron chi connectivity index (χ4n) is 3.10. The Morgan fingerprint density at radius 3 is 2.04 bits per heavy atom. The van der Waals surface area contributed by atoms with Gasteiger partial charge >= 0.3 is 0 Å². The lowest BCUT2D eigenvalue weighted by Crippen LogP contribution is -2.42. The second-order valence-electron chi connectivity index (χ2n) is 7.75. The Morgan fingerprint density at radius 2 is 1.50 bits per heavy atom. The van der Waals surface area contributed by atoms with Crippen LogP contribution in [0.15, 0.2) is 59.5 Å². The van der Waals surface area contributed by atoms with Crippen LogP contribution in [0.1, 0.15) is 31.9 Å². The van der Waals surface area contributed by atoms with Crippen LogP contribution in [-0.2, 0) is 23.1 Å². The summed E-state index contributed by atoms with van der Waals surface area (Å²) in [5.41, 5.74) is 1.78. The highest BCUT2D eigenvalue weighted by Crippen LogP contribution is 2.21. The molecule has 0 heterocycles. The van der Waals surface area contributed by atoms with Crippen molar-refractivity contribution in [2.45, 2.75) is 44.8 Å². The zero-order valence-corrected chi connectivity index (χ0v) is 17.6. The van der Waals surface area contributed by atoms with Gasteiger partial charge in [0.05, 0.1) is 17.6 Å². The molecule has 0 saturated carbocycles. The molecule has 28 heavy (non-hydrogen) atoms. The number of aliphatic hydroxyl groups is 2. The first kappa shape index (κ1) is 22.6. The van der Waals surface area contributed by atoms with Crippen molar-refractivity contribution < 1.29 is 18.6 Å². The SMILES string of the molecule is CC(C)CN(C[C@@H](O)[C@@H](C)Cc1ccccc1)S(=O)(=O)c1ccc(CO)cc1. The Morgan fingerprint density at radius 1 is 0.893 bits per heavy atom. The maximum atomic E-state index is 13.1. The zero-order valence-electron chi connectivity index (χ0n) is 16.8. The van der Waals surface area contributed by atoms with Crippen molar-refractivity contribution in [3.05, 3.63) is 65.7 Å². The summed E-state index contributed by atoms with van der Waals surface area (Å²) in [6, 6.07) is 16.1. The van der Waals surface area contributed by atoms with Crippen LogP contribution in [0.5, 0.6) is 0 Å². The van der Waals surface area contributed by atoms with Crippen LogP contribution in [0.3, 0.4) is 0 Å². The molecule has 0 aliphatic carbocycles. The minimum atomic E-state index is -3.73. The molecular formula is C22H31NO4S. The molecule has 154 valence electrons. The molecule has 0 spiro atoms. The Bertz CT molecular complexity index is 819. The summed E-state index contributed by atoms with van der Waals surface area (Å²) >= 11 is 0. The van der Waals surface area contributed by atoms with E-state index in [0.29, 0.717) is 18.5 Å². The predicted octanol–water partition coefficient (Wildman–Crippen LogP) is 3.07. The molecule has 2 N–H and O–H groups in total. The van der Waals surface area contributed by atoms with E-state index in [1.54, 1.807) is 12.1 Å². The smallest absolute Gasteiger partial charge is 0.243 e. The molecule has 0 amide bonds. The molecule has 0 bridgehead atoms. The normalized spacial score (nSPS) is 14.4. The molecule has 0 unspecified atom stereocenters. The van der Waals surface area contributed by atoms with Gasteiger partial charge < -0.3 is 10.2 Å².